The summed E-state index contributed by atoms with van der Waals surface area (Å²) >= 11 is 0. The Bertz CT molecular complexity index is 1070. The number of quaternary nitrogens is 1. The Morgan fingerprint density at radius 3 is 1.92 bits per heavy atom. The third-order valence-corrected chi connectivity index (χ3v) is 9.43. The smallest absolute Gasteiger partial charge is 0.462 e. The second kappa shape index (κ2) is 34.4. The molecular formula is C42H77NO9P+. The Morgan fingerprint density at radius 1 is 0.679 bits per heavy atom. The van der Waals surface area contributed by atoms with Crippen molar-refractivity contribution in [2.45, 2.75) is 161 Å². The number of carbonyl (C=O) groups excluding carboxylic acids is 2. The first-order valence-corrected chi connectivity index (χ1v) is 22.0. The van der Waals surface area contributed by atoms with Gasteiger partial charge in [-0.3, -0.25) is 18.6 Å². The highest BCUT2D eigenvalue weighted by Crippen LogP contribution is 2.43. The average molecular weight is 771 g/mol. The summed E-state index contributed by atoms with van der Waals surface area (Å²) in [5, 5.41) is 10.1. The summed E-state index contributed by atoms with van der Waals surface area (Å²) in [5.41, 5.74) is 0. The molecule has 0 heterocycles. The largest absolute Gasteiger partial charge is 0.472 e. The molecule has 0 saturated heterocycles. The molecule has 2 N–H and O–H groups in total. The molecule has 0 aromatic rings. The Hall–Kier alpha value is -2.07. The fourth-order valence-electron chi connectivity index (χ4n) is 5.14. The van der Waals surface area contributed by atoms with Crippen LogP contribution in [0.3, 0.4) is 0 Å². The van der Waals surface area contributed by atoms with Crippen molar-refractivity contribution in [2.24, 2.45) is 0 Å². The number of allylic oxidation sites excluding steroid dienone is 6. The summed E-state index contributed by atoms with van der Waals surface area (Å²) in [6.07, 6.45) is 34.8. The molecule has 10 nitrogen and oxygen atoms in total. The van der Waals surface area contributed by atoms with Crippen LogP contribution in [0.4, 0.5) is 0 Å². The minimum Gasteiger partial charge on any atom is -0.462 e. The lowest BCUT2D eigenvalue weighted by Crippen LogP contribution is -2.37. The van der Waals surface area contributed by atoms with Gasteiger partial charge in [-0.05, 0) is 44.9 Å². The molecule has 0 bridgehead atoms. The lowest BCUT2D eigenvalue weighted by atomic mass is 10.1. The maximum Gasteiger partial charge on any atom is 0.472 e. The number of unbranched alkanes of at least 4 members (excludes halogenated alkanes) is 14. The van der Waals surface area contributed by atoms with Gasteiger partial charge in [0, 0.05) is 12.8 Å². The minimum atomic E-state index is -4.40. The normalized spacial score (nSPS) is 14.8. The summed E-state index contributed by atoms with van der Waals surface area (Å²) in [7, 11) is 1.40. The number of rotatable bonds is 36. The molecule has 0 fully saturated rings. The van der Waals surface area contributed by atoms with Crippen molar-refractivity contribution in [2.75, 3.05) is 47.5 Å². The molecule has 11 heteroatoms. The summed E-state index contributed by atoms with van der Waals surface area (Å²) in [4.78, 5) is 35.2. The van der Waals surface area contributed by atoms with Crippen LogP contribution >= 0.6 is 7.82 Å². The van der Waals surface area contributed by atoms with Gasteiger partial charge in [0.15, 0.2) is 6.10 Å². The molecule has 308 valence electrons. The number of aliphatic hydroxyl groups excluding tert-OH is 1. The van der Waals surface area contributed by atoms with Crippen molar-refractivity contribution in [3.63, 3.8) is 0 Å². The van der Waals surface area contributed by atoms with E-state index in [1.165, 1.54) is 64.2 Å². The maximum absolute atomic E-state index is 12.6. The molecule has 0 aromatic carbocycles. The van der Waals surface area contributed by atoms with Crippen LogP contribution in [0.25, 0.3) is 0 Å². The Balaban J connectivity index is 4.58. The van der Waals surface area contributed by atoms with Gasteiger partial charge >= 0.3 is 19.8 Å². The number of nitrogens with zero attached hydrogens (tertiary/aromatic N) is 1. The van der Waals surface area contributed by atoms with E-state index in [4.69, 9.17) is 18.5 Å². The summed E-state index contributed by atoms with van der Waals surface area (Å²) < 4.78 is 34.1. The van der Waals surface area contributed by atoms with Crippen LogP contribution in [0.15, 0.2) is 48.6 Å². The van der Waals surface area contributed by atoms with Crippen LogP contribution in [-0.2, 0) is 32.7 Å². The Kier molecular flexibility index (Phi) is 33.1. The van der Waals surface area contributed by atoms with Gasteiger partial charge in [0.05, 0.1) is 33.9 Å². The number of ether oxygens (including phenoxy) is 2. The zero-order valence-electron chi connectivity index (χ0n) is 34.1. The SMILES string of the molecule is CCCCC/C=C\C/C=C\CC(O)/C=C\C=C\CCCC(=O)OC[C@H](COP(=O)(O)OCC[N+](C)(C)C)OC(=O)CCCCCCCCCCCCC. The van der Waals surface area contributed by atoms with Gasteiger partial charge in [-0.1, -0.05) is 140 Å². The number of hydrogen-bond donors (Lipinski definition) is 2. The van der Waals surface area contributed by atoms with Gasteiger partial charge in [-0.2, -0.15) is 0 Å². The molecule has 0 aliphatic heterocycles. The second-order valence-electron chi connectivity index (χ2n) is 14.9. The zero-order valence-corrected chi connectivity index (χ0v) is 35.0. The van der Waals surface area contributed by atoms with Crippen LogP contribution in [0.1, 0.15) is 149 Å². The number of aliphatic hydroxyl groups is 1. The van der Waals surface area contributed by atoms with Crippen molar-refractivity contribution in [3.8, 4) is 0 Å². The lowest BCUT2D eigenvalue weighted by molar-refractivity contribution is -0.870. The van der Waals surface area contributed by atoms with Crippen LogP contribution in [0.5, 0.6) is 0 Å². The third-order valence-electron chi connectivity index (χ3n) is 8.44. The molecule has 0 aromatic heterocycles. The van der Waals surface area contributed by atoms with Crippen molar-refractivity contribution in [1.29, 1.82) is 0 Å². The number of phosphoric ester groups is 1. The monoisotopic (exact) mass is 771 g/mol. The third kappa shape index (κ3) is 38.0. The standard InChI is InChI=1S/C42H76NO9P/c1-6-8-10-12-14-16-17-19-21-25-30-34-42(46)52-40(38-51-53(47,48)50-36-35-43(3,4)5)37-49-41(45)33-29-26-22-24-28-32-39(44)31-27-23-20-18-15-13-11-9-7-2/h15,18,22-24,27-28,32,39-40,44H,6-14,16-17,19-21,25-26,29-31,33-38H2,1-5H3/p+1/b18-15-,24-22+,27-23-,32-28-/t39?,40-/m1/s1. The number of phosphoric acid groups is 1. The quantitative estimate of drug-likeness (QED) is 0.0160. The summed E-state index contributed by atoms with van der Waals surface area (Å²) in [6.45, 7) is 4.20. The molecule has 2 unspecified atom stereocenters. The zero-order chi connectivity index (χ0) is 39.5. The molecule has 0 aliphatic rings. The molecule has 0 saturated carbocycles. The molecular weight excluding hydrogens is 693 g/mol. The number of esters is 2. The van der Waals surface area contributed by atoms with E-state index in [9.17, 15) is 24.2 Å². The van der Waals surface area contributed by atoms with Crippen molar-refractivity contribution >= 4 is 19.8 Å². The molecule has 0 amide bonds. The summed E-state index contributed by atoms with van der Waals surface area (Å²) in [5.74, 6) is -0.932. The molecule has 3 atom stereocenters. The average Bonchev–Trinajstić information content (AvgIpc) is 3.10. The first kappa shape index (κ1) is 50.9. The first-order chi connectivity index (χ1) is 25.4. The van der Waals surface area contributed by atoms with E-state index < -0.39 is 38.6 Å². The molecule has 53 heavy (non-hydrogen) atoms. The van der Waals surface area contributed by atoms with E-state index in [0.29, 0.717) is 36.7 Å². The number of hydrogen-bond acceptors (Lipinski definition) is 8. The Morgan fingerprint density at radius 2 is 1.26 bits per heavy atom. The lowest BCUT2D eigenvalue weighted by Gasteiger charge is -2.24. The van der Waals surface area contributed by atoms with Gasteiger partial charge in [-0.15, -0.1) is 0 Å². The Labute approximate surface area is 323 Å². The highest BCUT2D eigenvalue weighted by atomic mass is 31.2. The van der Waals surface area contributed by atoms with E-state index >= 15 is 0 Å². The van der Waals surface area contributed by atoms with Crippen molar-refractivity contribution in [1.82, 2.24) is 0 Å². The highest BCUT2D eigenvalue weighted by Gasteiger charge is 2.27. The van der Waals surface area contributed by atoms with Crippen molar-refractivity contribution < 1.29 is 47.2 Å². The van der Waals surface area contributed by atoms with Crippen LogP contribution in [-0.4, -0.2) is 86.1 Å². The van der Waals surface area contributed by atoms with Crippen LogP contribution in [0.2, 0.25) is 0 Å². The molecule has 0 radical (unpaired) electrons. The maximum atomic E-state index is 12.6. The fourth-order valence-corrected chi connectivity index (χ4v) is 5.89. The van der Waals surface area contributed by atoms with Gasteiger partial charge in [-0.25, -0.2) is 4.57 Å². The number of carbonyl (C=O) groups is 2. The fraction of sp³-hybridized carbons (Fsp3) is 0.762. The predicted octanol–water partition coefficient (Wildman–Crippen LogP) is 10.1. The van der Waals surface area contributed by atoms with Gasteiger partial charge < -0.3 is 24.0 Å². The van der Waals surface area contributed by atoms with Gasteiger partial charge in [0.25, 0.3) is 0 Å². The van der Waals surface area contributed by atoms with E-state index in [2.05, 4.69) is 32.1 Å². The number of likely N-dealkylation sites (N-methyl/N-ethyl adjacent to an activating group) is 1. The topological polar surface area (TPSA) is 129 Å². The summed E-state index contributed by atoms with van der Waals surface area (Å²) in [6, 6.07) is 0. The van der Waals surface area contributed by atoms with E-state index in [-0.39, 0.29) is 26.1 Å². The van der Waals surface area contributed by atoms with Gasteiger partial charge in [0.2, 0.25) is 0 Å². The minimum absolute atomic E-state index is 0.00903. The molecule has 0 rings (SSSR count). The second-order valence-corrected chi connectivity index (χ2v) is 16.3. The molecule has 0 spiro atoms. The van der Waals surface area contributed by atoms with Crippen molar-refractivity contribution in [3.05, 3.63) is 48.6 Å². The highest BCUT2D eigenvalue weighted by molar-refractivity contribution is 7.47. The molecule has 0 aliphatic carbocycles. The van der Waals surface area contributed by atoms with E-state index in [1.807, 2.05) is 39.4 Å². The van der Waals surface area contributed by atoms with Crippen LogP contribution < -0.4 is 0 Å². The first-order valence-electron chi connectivity index (χ1n) is 20.5. The predicted molar refractivity (Wildman–Crippen MR) is 216 cm³/mol. The van der Waals surface area contributed by atoms with E-state index in [1.54, 1.807) is 12.2 Å². The van der Waals surface area contributed by atoms with E-state index in [0.717, 1.165) is 32.1 Å². The van der Waals surface area contributed by atoms with Crippen LogP contribution in [0, 0.1) is 0 Å². The van der Waals surface area contributed by atoms with Gasteiger partial charge in [0.1, 0.15) is 19.8 Å².